The Balaban J connectivity index is 3.00. The van der Waals surface area contributed by atoms with Crippen LogP contribution < -0.4 is 0 Å². The van der Waals surface area contributed by atoms with Crippen LogP contribution >= 0.6 is 0 Å². The van der Waals surface area contributed by atoms with E-state index < -0.39 is 54.5 Å². The van der Waals surface area contributed by atoms with E-state index in [0.717, 1.165) is 32.6 Å². The Morgan fingerprint density at radius 3 is 1.48 bits per heavy atom. The van der Waals surface area contributed by atoms with Crippen molar-refractivity contribution in [1.82, 2.24) is 0 Å². The van der Waals surface area contributed by atoms with E-state index in [1.165, 1.54) is 0 Å². The van der Waals surface area contributed by atoms with Gasteiger partial charge in [0.15, 0.2) is 18.3 Å². The van der Waals surface area contributed by atoms with Gasteiger partial charge in [-0.1, -0.05) is 39.5 Å². The Kier molecular flexibility index (Phi) is 11.2. The number of hydrogen-bond acceptors (Lipinski definition) is 9. The van der Waals surface area contributed by atoms with Gasteiger partial charge in [0.2, 0.25) is 0 Å². The average Bonchev–Trinajstić information content (AvgIpc) is 2.66. The molecule has 1 fully saturated rings. The van der Waals surface area contributed by atoms with Crippen LogP contribution in [0, 0.1) is 0 Å². The minimum Gasteiger partial charge on any atom is -0.456 e. The maximum absolute atomic E-state index is 12.2. The third kappa shape index (κ3) is 7.91. The molecule has 0 saturated heterocycles. The summed E-state index contributed by atoms with van der Waals surface area (Å²) in [7, 11) is 0. The number of hydrogen-bond donors (Lipinski definition) is 3. The third-order valence-corrected chi connectivity index (χ3v) is 4.83. The smallest absolute Gasteiger partial charge is 0.306 e. The monoisotopic (exact) mass is 418 g/mol. The van der Waals surface area contributed by atoms with E-state index in [1.807, 2.05) is 13.8 Å². The number of ether oxygens (including phenoxy) is 3. The first-order valence-electron chi connectivity index (χ1n) is 10.3. The molecule has 9 heteroatoms. The Morgan fingerprint density at radius 2 is 1.07 bits per heavy atom. The van der Waals surface area contributed by atoms with Gasteiger partial charge in [-0.15, -0.1) is 0 Å². The van der Waals surface area contributed by atoms with Crippen LogP contribution in [-0.2, 0) is 28.6 Å². The van der Waals surface area contributed by atoms with E-state index in [4.69, 9.17) is 14.2 Å². The summed E-state index contributed by atoms with van der Waals surface area (Å²) in [6, 6.07) is 0. The van der Waals surface area contributed by atoms with Crippen molar-refractivity contribution in [2.45, 2.75) is 109 Å². The molecule has 0 aromatic rings. The van der Waals surface area contributed by atoms with Crippen molar-refractivity contribution < 1.29 is 43.9 Å². The molecule has 0 spiro atoms. The van der Waals surface area contributed by atoms with Crippen molar-refractivity contribution in [1.29, 1.82) is 0 Å². The van der Waals surface area contributed by atoms with Crippen molar-refractivity contribution in [3.63, 3.8) is 0 Å². The van der Waals surface area contributed by atoms with Crippen molar-refractivity contribution in [3.8, 4) is 0 Å². The average molecular weight is 418 g/mol. The minimum absolute atomic E-state index is 0.0864. The number of aliphatic hydroxyl groups is 3. The highest BCUT2D eigenvalue weighted by atomic mass is 16.6. The Bertz CT molecular complexity index is 536. The molecule has 1 aliphatic carbocycles. The fraction of sp³-hybridized carbons (Fsp3) is 0.850. The van der Waals surface area contributed by atoms with E-state index in [1.54, 1.807) is 0 Å². The minimum atomic E-state index is -1.75. The van der Waals surface area contributed by atoms with Crippen LogP contribution in [0.3, 0.4) is 0 Å². The van der Waals surface area contributed by atoms with Gasteiger partial charge in [0.25, 0.3) is 0 Å². The molecule has 0 radical (unpaired) electrons. The number of unbranched alkanes of at least 4 members (excludes halogenated alkanes) is 4. The van der Waals surface area contributed by atoms with E-state index >= 15 is 0 Å². The second kappa shape index (κ2) is 12.8. The second-order valence-electron chi connectivity index (χ2n) is 7.37. The molecule has 3 N–H and O–H groups in total. The molecule has 0 unspecified atom stereocenters. The quantitative estimate of drug-likeness (QED) is 0.255. The highest BCUT2D eigenvalue weighted by Crippen LogP contribution is 2.29. The maximum atomic E-state index is 12.2. The highest BCUT2D eigenvalue weighted by Gasteiger charge is 2.55. The lowest BCUT2D eigenvalue weighted by atomic mass is 9.84. The van der Waals surface area contributed by atoms with Crippen LogP contribution in [0.1, 0.15) is 72.1 Å². The molecule has 29 heavy (non-hydrogen) atoms. The lowest BCUT2D eigenvalue weighted by Crippen LogP contribution is -2.66. The summed E-state index contributed by atoms with van der Waals surface area (Å²) >= 11 is 0. The first-order chi connectivity index (χ1) is 13.7. The number of carbonyl (C=O) groups excluding carboxylic acids is 3. The summed E-state index contributed by atoms with van der Waals surface area (Å²) < 4.78 is 15.7. The number of rotatable bonds is 11. The number of aliphatic hydroxyl groups excluding tert-OH is 3. The fourth-order valence-electron chi connectivity index (χ4n) is 3.23. The Labute approximate surface area is 171 Å². The van der Waals surface area contributed by atoms with E-state index in [9.17, 15) is 29.7 Å². The zero-order chi connectivity index (χ0) is 22.0. The lowest BCUT2D eigenvalue weighted by molar-refractivity contribution is -0.247. The molecular formula is C20H34O9. The molecule has 0 heterocycles. The predicted octanol–water partition coefficient (Wildman–Crippen LogP) is 0.999. The standard InChI is InChI=1S/C20H34O9/c1-4-6-8-10-13(22)28-19-17(26)15(24)16(25)18(27-12(3)21)20(19)29-14(23)11-9-7-5-2/h15-20,24-26H,4-11H2,1-3H3/t15-,16-,17+,18-,19-,20-/m0/s1. The first kappa shape index (κ1) is 25.3. The summed E-state index contributed by atoms with van der Waals surface area (Å²) in [6.07, 6.45) is -4.79. The Hall–Kier alpha value is -1.71. The maximum Gasteiger partial charge on any atom is 0.306 e. The van der Waals surface area contributed by atoms with Gasteiger partial charge in [-0.3, -0.25) is 14.4 Å². The molecular weight excluding hydrogens is 384 g/mol. The van der Waals surface area contributed by atoms with E-state index in [-0.39, 0.29) is 12.8 Å². The van der Waals surface area contributed by atoms with Gasteiger partial charge in [-0.05, 0) is 12.8 Å². The molecule has 168 valence electrons. The van der Waals surface area contributed by atoms with Crippen LogP contribution in [0.15, 0.2) is 0 Å². The van der Waals surface area contributed by atoms with Crippen molar-refractivity contribution in [2.24, 2.45) is 0 Å². The highest BCUT2D eigenvalue weighted by molar-refractivity contribution is 5.71. The summed E-state index contributed by atoms with van der Waals surface area (Å²) in [5.74, 6) is -2.05. The van der Waals surface area contributed by atoms with Crippen LogP contribution in [0.2, 0.25) is 0 Å². The Morgan fingerprint density at radius 1 is 0.655 bits per heavy atom. The van der Waals surface area contributed by atoms with Gasteiger partial charge < -0.3 is 29.5 Å². The van der Waals surface area contributed by atoms with E-state index in [0.29, 0.717) is 12.8 Å². The predicted molar refractivity (Wildman–Crippen MR) is 102 cm³/mol. The van der Waals surface area contributed by atoms with Crippen molar-refractivity contribution in [3.05, 3.63) is 0 Å². The summed E-state index contributed by atoms with van der Waals surface area (Å²) in [5, 5.41) is 30.7. The van der Waals surface area contributed by atoms with Crippen LogP contribution in [0.25, 0.3) is 0 Å². The molecule has 0 aliphatic heterocycles. The fourth-order valence-corrected chi connectivity index (χ4v) is 3.23. The SMILES string of the molecule is CCCCCC(=O)O[C@@H]1[C@@H](OC(=O)CCCCC)[C@H](O)[C@@H](O)[C@H](O)[C@@H]1OC(C)=O. The van der Waals surface area contributed by atoms with Gasteiger partial charge in [0, 0.05) is 19.8 Å². The van der Waals surface area contributed by atoms with E-state index in [2.05, 4.69) is 0 Å². The molecule has 1 aliphatic rings. The summed E-state index contributed by atoms with van der Waals surface area (Å²) in [5.41, 5.74) is 0. The van der Waals surface area contributed by atoms with Gasteiger partial charge >= 0.3 is 17.9 Å². The normalized spacial score (nSPS) is 29.2. The summed E-state index contributed by atoms with van der Waals surface area (Å²) in [4.78, 5) is 35.9. The topological polar surface area (TPSA) is 140 Å². The van der Waals surface area contributed by atoms with Crippen LogP contribution in [-0.4, -0.2) is 69.9 Å². The molecule has 0 bridgehead atoms. The van der Waals surface area contributed by atoms with Crippen LogP contribution in [0.5, 0.6) is 0 Å². The second-order valence-corrected chi connectivity index (χ2v) is 7.37. The number of esters is 3. The summed E-state index contributed by atoms with van der Waals surface area (Å²) in [6.45, 7) is 5.05. The molecule has 0 aromatic heterocycles. The molecule has 0 amide bonds. The van der Waals surface area contributed by atoms with Gasteiger partial charge in [0.05, 0.1) is 0 Å². The molecule has 9 nitrogen and oxygen atoms in total. The molecule has 0 aromatic carbocycles. The number of carbonyl (C=O) groups is 3. The van der Waals surface area contributed by atoms with Gasteiger partial charge in [-0.25, -0.2) is 0 Å². The van der Waals surface area contributed by atoms with Crippen molar-refractivity contribution in [2.75, 3.05) is 0 Å². The van der Waals surface area contributed by atoms with Gasteiger partial charge in [0.1, 0.15) is 18.3 Å². The largest absolute Gasteiger partial charge is 0.456 e. The zero-order valence-electron chi connectivity index (χ0n) is 17.4. The van der Waals surface area contributed by atoms with Gasteiger partial charge in [-0.2, -0.15) is 0 Å². The van der Waals surface area contributed by atoms with Crippen LogP contribution in [0.4, 0.5) is 0 Å². The first-order valence-corrected chi connectivity index (χ1v) is 10.3. The molecule has 1 saturated carbocycles. The molecule has 6 atom stereocenters. The zero-order valence-corrected chi connectivity index (χ0v) is 17.4. The third-order valence-electron chi connectivity index (χ3n) is 4.83. The lowest BCUT2D eigenvalue weighted by Gasteiger charge is -2.43. The van der Waals surface area contributed by atoms with Crippen molar-refractivity contribution >= 4 is 17.9 Å². The molecule has 1 rings (SSSR count).